The minimum atomic E-state index is -3.57. The molecule has 0 unspecified atom stereocenters. The number of anilines is 1. The van der Waals surface area contributed by atoms with E-state index in [-0.39, 0.29) is 29.4 Å². The van der Waals surface area contributed by atoms with E-state index < -0.39 is 15.7 Å². The highest BCUT2D eigenvalue weighted by atomic mass is 35.5. The van der Waals surface area contributed by atoms with Crippen LogP contribution in [0.4, 0.5) is 9.52 Å². The molecular weight excluding hydrogens is 458 g/mol. The maximum Gasteiger partial charge on any atom is 0.226 e. The Morgan fingerprint density at radius 2 is 1.83 bits per heavy atom. The van der Waals surface area contributed by atoms with Gasteiger partial charge in [-0.3, -0.25) is 4.79 Å². The fraction of sp³-hybridized carbons (Fsp3) is 0.158. The van der Waals surface area contributed by atoms with E-state index in [0.29, 0.717) is 20.9 Å². The van der Waals surface area contributed by atoms with Crippen LogP contribution in [-0.4, -0.2) is 25.1 Å². The van der Waals surface area contributed by atoms with Gasteiger partial charge in [0.05, 0.1) is 26.4 Å². The van der Waals surface area contributed by atoms with Gasteiger partial charge in [0.25, 0.3) is 0 Å². The standard InChI is InChI=1S/C19H15Cl2FN2O3S2/c20-15-8-3-12(10-16(15)21)17-11-28-19(23-17)24-18(25)2-1-9-29(26,27)14-6-4-13(22)5-7-14/h3-8,10-11H,1-2,9H2,(H,23,24,25). The second-order valence-corrected chi connectivity index (χ2v) is 9.87. The van der Waals surface area contributed by atoms with E-state index in [1.165, 1.54) is 23.5 Å². The van der Waals surface area contributed by atoms with Gasteiger partial charge in [-0.05, 0) is 42.8 Å². The maximum atomic E-state index is 12.9. The molecule has 0 atom stereocenters. The minimum absolute atomic E-state index is 0.0160. The molecule has 1 amide bonds. The number of nitrogens with zero attached hydrogens (tertiary/aromatic N) is 1. The normalized spacial score (nSPS) is 11.4. The first kappa shape index (κ1) is 21.7. The summed E-state index contributed by atoms with van der Waals surface area (Å²) in [5, 5.41) is 5.68. The van der Waals surface area contributed by atoms with Crippen LogP contribution in [0.1, 0.15) is 12.8 Å². The Labute approximate surface area is 181 Å². The van der Waals surface area contributed by atoms with Gasteiger partial charge in [0.15, 0.2) is 15.0 Å². The molecule has 0 aliphatic carbocycles. The maximum absolute atomic E-state index is 12.9. The Morgan fingerprint density at radius 3 is 2.52 bits per heavy atom. The summed E-state index contributed by atoms with van der Waals surface area (Å²) in [5.74, 6) is -1.06. The Kier molecular flexibility index (Phi) is 6.89. The summed E-state index contributed by atoms with van der Waals surface area (Å²) in [6, 6.07) is 9.73. The third kappa shape index (κ3) is 5.76. The topological polar surface area (TPSA) is 76.1 Å². The number of carbonyl (C=O) groups excluding carboxylic acids is 1. The summed E-state index contributed by atoms with van der Waals surface area (Å²) in [6.07, 6.45) is 0.151. The summed E-state index contributed by atoms with van der Waals surface area (Å²) in [5.41, 5.74) is 1.41. The van der Waals surface area contributed by atoms with Crippen molar-refractivity contribution in [3.8, 4) is 11.3 Å². The number of amides is 1. The van der Waals surface area contributed by atoms with Gasteiger partial charge >= 0.3 is 0 Å². The van der Waals surface area contributed by atoms with Crippen molar-refractivity contribution in [1.82, 2.24) is 4.98 Å². The molecule has 0 radical (unpaired) electrons. The second-order valence-electron chi connectivity index (χ2n) is 6.09. The van der Waals surface area contributed by atoms with E-state index in [0.717, 1.165) is 17.7 Å². The van der Waals surface area contributed by atoms with Crippen molar-refractivity contribution in [2.24, 2.45) is 0 Å². The molecule has 5 nitrogen and oxygen atoms in total. The quantitative estimate of drug-likeness (QED) is 0.463. The Bertz CT molecular complexity index is 1130. The molecule has 0 aliphatic heterocycles. The summed E-state index contributed by atoms with van der Waals surface area (Å²) in [6.45, 7) is 0. The predicted octanol–water partition coefficient (Wildman–Crippen LogP) is 5.45. The molecule has 3 rings (SSSR count). The van der Waals surface area contributed by atoms with Crippen molar-refractivity contribution in [3.05, 3.63) is 63.7 Å². The largest absolute Gasteiger partial charge is 0.302 e. The Hall–Kier alpha value is -2.00. The van der Waals surface area contributed by atoms with Gasteiger partial charge in [0, 0.05) is 17.4 Å². The summed E-state index contributed by atoms with van der Waals surface area (Å²) < 4.78 is 37.3. The monoisotopic (exact) mass is 472 g/mol. The van der Waals surface area contributed by atoms with Gasteiger partial charge < -0.3 is 5.32 Å². The number of sulfone groups is 1. The van der Waals surface area contributed by atoms with E-state index in [1.807, 2.05) is 0 Å². The molecule has 1 aromatic heterocycles. The fourth-order valence-electron chi connectivity index (χ4n) is 2.48. The van der Waals surface area contributed by atoms with Crippen LogP contribution in [0.5, 0.6) is 0 Å². The number of thiazole rings is 1. The van der Waals surface area contributed by atoms with Gasteiger partial charge in [0.1, 0.15) is 5.82 Å². The highest BCUT2D eigenvalue weighted by Gasteiger charge is 2.16. The average molecular weight is 473 g/mol. The van der Waals surface area contributed by atoms with Crippen LogP contribution in [0, 0.1) is 5.82 Å². The molecule has 1 heterocycles. The van der Waals surface area contributed by atoms with Crippen molar-refractivity contribution in [2.45, 2.75) is 17.7 Å². The van der Waals surface area contributed by atoms with Crippen LogP contribution in [0.3, 0.4) is 0 Å². The zero-order valence-corrected chi connectivity index (χ0v) is 18.0. The van der Waals surface area contributed by atoms with Crippen molar-refractivity contribution in [1.29, 1.82) is 0 Å². The number of hydrogen-bond donors (Lipinski definition) is 1. The van der Waals surface area contributed by atoms with Crippen LogP contribution in [-0.2, 0) is 14.6 Å². The first-order valence-electron chi connectivity index (χ1n) is 8.44. The van der Waals surface area contributed by atoms with Gasteiger partial charge in [-0.2, -0.15) is 0 Å². The highest BCUT2D eigenvalue weighted by molar-refractivity contribution is 7.91. The summed E-state index contributed by atoms with van der Waals surface area (Å²) in [7, 11) is -3.57. The molecule has 0 aliphatic rings. The fourth-order valence-corrected chi connectivity index (χ4v) is 4.83. The molecule has 1 N–H and O–H groups in total. The van der Waals surface area contributed by atoms with E-state index in [2.05, 4.69) is 10.3 Å². The molecule has 29 heavy (non-hydrogen) atoms. The molecule has 0 spiro atoms. The highest BCUT2D eigenvalue weighted by Crippen LogP contribution is 2.30. The third-order valence-electron chi connectivity index (χ3n) is 3.96. The number of nitrogens with one attached hydrogen (secondary N) is 1. The first-order valence-corrected chi connectivity index (χ1v) is 11.7. The Morgan fingerprint density at radius 1 is 1.10 bits per heavy atom. The van der Waals surface area contributed by atoms with E-state index in [4.69, 9.17) is 23.2 Å². The van der Waals surface area contributed by atoms with Crippen molar-refractivity contribution < 1.29 is 17.6 Å². The predicted molar refractivity (Wildman–Crippen MR) is 114 cm³/mol. The number of benzene rings is 2. The lowest BCUT2D eigenvalue weighted by molar-refractivity contribution is -0.116. The lowest BCUT2D eigenvalue weighted by atomic mass is 10.2. The van der Waals surface area contributed by atoms with Crippen molar-refractivity contribution >= 4 is 55.4 Å². The SMILES string of the molecule is O=C(CCCS(=O)(=O)c1ccc(F)cc1)Nc1nc(-c2ccc(Cl)c(Cl)c2)cs1. The van der Waals surface area contributed by atoms with Crippen molar-refractivity contribution in [3.63, 3.8) is 0 Å². The van der Waals surface area contributed by atoms with Gasteiger partial charge in [-0.25, -0.2) is 17.8 Å². The van der Waals surface area contributed by atoms with Crippen LogP contribution < -0.4 is 5.32 Å². The molecular formula is C19H15Cl2FN2O3S2. The molecule has 0 fully saturated rings. The van der Waals surface area contributed by atoms with Gasteiger partial charge in [0.2, 0.25) is 5.91 Å². The molecule has 0 bridgehead atoms. The smallest absolute Gasteiger partial charge is 0.226 e. The van der Waals surface area contributed by atoms with Crippen LogP contribution >= 0.6 is 34.5 Å². The Balaban J connectivity index is 1.54. The summed E-state index contributed by atoms with van der Waals surface area (Å²) >= 11 is 13.2. The average Bonchev–Trinajstić information content (AvgIpc) is 3.12. The van der Waals surface area contributed by atoms with Crippen molar-refractivity contribution in [2.75, 3.05) is 11.1 Å². The van der Waals surface area contributed by atoms with Gasteiger partial charge in [-0.1, -0.05) is 29.3 Å². The zero-order chi connectivity index (χ0) is 21.0. The molecule has 10 heteroatoms. The van der Waals surface area contributed by atoms with E-state index in [1.54, 1.807) is 23.6 Å². The molecule has 152 valence electrons. The van der Waals surface area contributed by atoms with Crippen LogP contribution in [0.2, 0.25) is 10.0 Å². The zero-order valence-electron chi connectivity index (χ0n) is 14.9. The molecule has 3 aromatic rings. The first-order chi connectivity index (χ1) is 13.7. The number of rotatable bonds is 7. The van der Waals surface area contributed by atoms with Crippen LogP contribution in [0.25, 0.3) is 11.3 Å². The lowest BCUT2D eigenvalue weighted by Gasteiger charge is -2.05. The summed E-state index contributed by atoms with van der Waals surface area (Å²) in [4.78, 5) is 16.5. The number of aromatic nitrogens is 1. The minimum Gasteiger partial charge on any atom is -0.302 e. The lowest BCUT2D eigenvalue weighted by Crippen LogP contribution is -2.14. The third-order valence-corrected chi connectivity index (χ3v) is 7.27. The van der Waals surface area contributed by atoms with E-state index >= 15 is 0 Å². The molecule has 0 saturated carbocycles. The molecule has 2 aromatic carbocycles. The van der Waals surface area contributed by atoms with Crippen LogP contribution in [0.15, 0.2) is 52.7 Å². The molecule has 0 saturated heterocycles. The number of carbonyl (C=O) groups is 1. The van der Waals surface area contributed by atoms with E-state index in [9.17, 15) is 17.6 Å². The number of hydrogen-bond acceptors (Lipinski definition) is 5. The van der Waals surface area contributed by atoms with Gasteiger partial charge in [-0.15, -0.1) is 11.3 Å². The number of halogens is 3. The second kappa shape index (κ2) is 9.21.